The highest BCUT2D eigenvalue weighted by atomic mass is 32.2. The molecule has 0 spiro atoms. The first kappa shape index (κ1) is 12.4. The van der Waals surface area contributed by atoms with Crippen LogP contribution >= 0.6 is 23.1 Å². The highest BCUT2D eigenvalue weighted by Gasteiger charge is 2.08. The van der Waals surface area contributed by atoms with Gasteiger partial charge in [-0.25, -0.2) is 0 Å². The summed E-state index contributed by atoms with van der Waals surface area (Å²) in [4.78, 5) is 11.3. The van der Waals surface area contributed by atoms with E-state index in [1.165, 1.54) is 23.1 Å². The van der Waals surface area contributed by atoms with Gasteiger partial charge in [0, 0.05) is 6.04 Å². The first-order valence-electron chi connectivity index (χ1n) is 4.45. The molecule has 1 rings (SSSR count). The molecule has 0 radical (unpaired) electrons. The summed E-state index contributed by atoms with van der Waals surface area (Å²) in [6.07, 6.45) is 0. The second-order valence-corrected chi connectivity index (χ2v) is 5.43. The number of hydrogen-bond acceptors (Lipinski definition) is 6. The Balaban J connectivity index is 2.28. The molecule has 0 saturated heterocycles. The van der Waals surface area contributed by atoms with Crippen LogP contribution in [0.1, 0.15) is 11.9 Å². The lowest BCUT2D eigenvalue weighted by Gasteiger charge is -2.09. The molecule has 0 aliphatic rings. The van der Waals surface area contributed by atoms with Crippen molar-refractivity contribution in [2.24, 2.45) is 0 Å². The number of amides is 1. The minimum atomic E-state index is -0.200. The average Bonchev–Trinajstić information content (AvgIpc) is 2.61. The van der Waals surface area contributed by atoms with Crippen LogP contribution in [0, 0.1) is 6.92 Å². The topological polar surface area (TPSA) is 75.1 Å². The molecule has 0 aromatic carbocycles. The van der Waals surface area contributed by atoms with Crippen molar-refractivity contribution in [3.63, 3.8) is 0 Å². The molecule has 0 fully saturated rings. The molecule has 0 aliphatic carbocycles. The third kappa shape index (κ3) is 4.59. The van der Waals surface area contributed by atoms with Crippen molar-refractivity contribution in [3.05, 3.63) is 5.01 Å². The average molecular weight is 247 g/mol. The molecular formula is C8H13N3O2S2. The quantitative estimate of drug-likeness (QED) is 0.738. The Hall–Kier alpha value is -0.660. The molecule has 84 valence electrons. The number of aryl methyl sites for hydroxylation is 1. The summed E-state index contributed by atoms with van der Waals surface area (Å²) in [7, 11) is 0. The number of aliphatic hydroxyl groups excluding tert-OH is 1. The second-order valence-electron chi connectivity index (χ2n) is 3.03. The molecule has 15 heavy (non-hydrogen) atoms. The maximum Gasteiger partial charge on any atom is 0.230 e. The molecule has 1 heterocycles. The molecule has 1 atom stereocenters. The fourth-order valence-corrected chi connectivity index (χ4v) is 2.45. The van der Waals surface area contributed by atoms with Gasteiger partial charge in [-0.3, -0.25) is 4.79 Å². The number of thioether (sulfide) groups is 1. The van der Waals surface area contributed by atoms with Gasteiger partial charge in [0.15, 0.2) is 4.34 Å². The predicted molar refractivity (Wildman–Crippen MR) is 60.1 cm³/mol. The molecule has 1 unspecified atom stereocenters. The number of hydrogen-bond donors (Lipinski definition) is 2. The van der Waals surface area contributed by atoms with Gasteiger partial charge in [-0.15, -0.1) is 10.2 Å². The Morgan fingerprint density at radius 2 is 2.40 bits per heavy atom. The predicted octanol–water partition coefficient (Wildman–Crippen LogP) is 0.436. The van der Waals surface area contributed by atoms with E-state index < -0.39 is 0 Å². The largest absolute Gasteiger partial charge is 0.394 e. The maximum atomic E-state index is 11.3. The summed E-state index contributed by atoms with van der Waals surface area (Å²) in [6, 6.07) is -0.200. The van der Waals surface area contributed by atoms with Crippen molar-refractivity contribution in [1.82, 2.24) is 15.5 Å². The summed E-state index contributed by atoms with van der Waals surface area (Å²) in [6.45, 7) is 3.57. The van der Waals surface area contributed by atoms with Gasteiger partial charge in [-0.1, -0.05) is 23.1 Å². The molecule has 1 aromatic rings. The summed E-state index contributed by atoms with van der Waals surface area (Å²) in [5, 5.41) is 20.0. The monoisotopic (exact) mass is 247 g/mol. The zero-order chi connectivity index (χ0) is 11.3. The van der Waals surface area contributed by atoms with Gasteiger partial charge in [-0.2, -0.15) is 0 Å². The summed E-state index contributed by atoms with van der Waals surface area (Å²) < 4.78 is 0.791. The van der Waals surface area contributed by atoms with Crippen molar-refractivity contribution >= 4 is 29.0 Å². The van der Waals surface area contributed by atoms with Crippen LogP contribution in [0.4, 0.5) is 0 Å². The first-order valence-corrected chi connectivity index (χ1v) is 6.25. The highest BCUT2D eigenvalue weighted by Crippen LogP contribution is 2.21. The molecule has 1 amide bonds. The van der Waals surface area contributed by atoms with Crippen LogP contribution in [0.2, 0.25) is 0 Å². The Morgan fingerprint density at radius 3 is 2.93 bits per heavy atom. The Morgan fingerprint density at radius 1 is 1.67 bits per heavy atom. The minimum Gasteiger partial charge on any atom is -0.394 e. The molecule has 0 bridgehead atoms. The molecule has 1 aromatic heterocycles. The van der Waals surface area contributed by atoms with E-state index in [1.54, 1.807) is 6.92 Å². The van der Waals surface area contributed by atoms with Crippen LogP contribution in [0.5, 0.6) is 0 Å². The van der Waals surface area contributed by atoms with E-state index in [9.17, 15) is 4.79 Å². The Bertz CT molecular complexity index is 329. The number of nitrogens with zero attached hydrogens (tertiary/aromatic N) is 2. The van der Waals surface area contributed by atoms with Crippen LogP contribution in [-0.2, 0) is 4.79 Å². The van der Waals surface area contributed by atoms with E-state index in [1.807, 2.05) is 6.92 Å². The SMILES string of the molecule is Cc1nnc(SCC(=O)NC(C)CO)s1. The Labute approximate surface area is 96.3 Å². The lowest BCUT2D eigenvalue weighted by Crippen LogP contribution is -2.36. The molecule has 0 aliphatic heterocycles. The molecule has 0 saturated carbocycles. The molecule has 5 nitrogen and oxygen atoms in total. The van der Waals surface area contributed by atoms with Crippen LogP contribution in [0.3, 0.4) is 0 Å². The van der Waals surface area contributed by atoms with Gasteiger partial charge >= 0.3 is 0 Å². The maximum absolute atomic E-state index is 11.3. The van der Waals surface area contributed by atoms with Gasteiger partial charge in [0.05, 0.1) is 12.4 Å². The van der Waals surface area contributed by atoms with Crippen molar-refractivity contribution in [1.29, 1.82) is 0 Å². The fraction of sp³-hybridized carbons (Fsp3) is 0.625. The second kappa shape index (κ2) is 6.04. The Kier molecular flexibility index (Phi) is 5.00. The number of carbonyl (C=O) groups excluding carboxylic acids is 1. The van der Waals surface area contributed by atoms with E-state index in [0.29, 0.717) is 5.75 Å². The molecule has 7 heteroatoms. The summed E-state index contributed by atoms with van der Waals surface area (Å²) in [5.41, 5.74) is 0. The van der Waals surface area contributed by atoms with Gasteiger partial charge in [-0.05, 0) is 13.8 Å². The van der Waals surface area contributed by atoms with E-state index >= 15 is 0 Å². The number of aromatic nitrogens is 2. The van der Waals surface area contributed by atoms with Gasteiger partial charge in [0.25, 0.3) is 0 Å². The lowest BCUT2D eigenvalue weighted by atomic mass is 10.4. The summed E-state index contributed by atoms with van der Waals surface area (Å²) in [5.74, 6) is 0.202. The number of rotatable bonds is 5. The zero-order valence-corrected chi connectivity index (χ0v) is 10.2. The lowest BCUT2D eigenvalue weighted by molar-refractivity contribution is -0.119. The molecule has 2 N–H and O–H groups in total. The van der Waals surface area contributed by atoms with Crippen LogP contribution < -0.4 is 5.32 Å². The van der Waals surface area contributed by atoms with Crippen LogP contribution in [-0.4, -0.2) is 39.6 Å². The minimum absolute atomic E-state index is 0.0473. The number of carbonyl (C=O) groups is 1. The number of nitrogens with one attached hydrogen (secondary N) is 1. The van der Waals surface area contributed by atoms with Gasteiger partial charge in [0.2, 0.25) is 5.91 Å². The van der Waals surface area contributed by atoms with Crippen LogP contribution in [0.25, 0.3) is 0 Å². The number of aliphatic hydroxyl groups is 1. The summed E-state index contributed by atoms with van der Waals surface area (Å²) >= 11 is 2.82. The zero-order valence-electron chi connectivity index (χ0n) is 8.56. The third-order valence-corrected chi connectivity index (χ3v) is 3.49. The normalized spacial score (nSPS) is 12.5. The van der Waals surface area contributed by atoms with Gasteiger partial charge < -0.3 is 10.4 Å². The van der Waals surface area contributed by atoms with E-state index in [0.717, 1.165) is 9.35 Å². The van der Waals surface area contributed by atoms with E-state index in [2.05, 4.69) is 15.5 Å². The van der Waals surface area contributed by atoms with E-state index in [-0.39, 0.29) is 18.6 Å². The van der Waals surface area contributed by atoms with Crippen molar-refractivity contribution in [2.75, 3.05) is 12.4 Å². The highest BCUT2D eigenvalue weighted by molar-refractivity contribution is 8.01. The third-order valence-electron chi connectivity index (χ3n) is 1.52. The fourth-order valence-electron chi connectivity index (χ4n) is 0.826. The van der Waals surface area contributed by atoms with Crippen molar-refractivity contribution in [3.8, 4) is 0 Å². The van der Waals surface area contributed by atoms with E-state index in [4.69, 9.17) is 5.11 Å². The standard InChI is InChI=1S/C8H13N3O2S2/c1-5(3-12)9-7(13)4-14-8-11-10-6(2)15-8/h5,12H,3-4H2,1-2H3,(H,9,13). The smallest absolute Gasteiger partial charge is 0.230 e. The first-order chi connectivity index (χ1) is 7.11. The van der Waals surface area contributed by atoms with Crippen molar-refractivity contribution in [2.45, 2.75) is 24.2 Å². The van der Waals surface area contributed by atoms with Crippen molar-refractivity contribution < 1.29 is 9.90 Å². The van der Waals surface area contributed by atoms with Gasteiger partial charge in [0.1, 0.15) is 5.01 Å². The molecular weight excluding hydrogens is 234 g/mol. The van der Waals surface area contributed by atoms with Crippen LogP contribution in [0.15, 0.2) is 4.34 Å².